The minimum absolute atomic E-state index is 0.325. The zero-order valence-electron chi connectivity index (χ0n) is 9.27. The molecule has 84 valence electrons. The molecule has 0 saturated carbocycles. The number of carbonyl (C=O) groups is 1. The molecule has 0 N–H and O–H groups in total. The summed E-state index contributed by atoms with van der Waals surface area (Å²) in [4.78, 5) is 11.7. The van der Waals surface area contributed by atoms with Crippen molar-refractivity contribution in [2.75, 3.05) is 13.7 Å². The lowest BCUT2D eigenvalue weighted by Gasteiger charge is -2.05. The molecule has 0 spiro atoms. The highest BCUT2D eigenvalue weighted by Gasteiger charge is 2.15. The zero-order valence-corrected chi connectivity index (χ0v) is 9.27. The van der Waals surface area contributed by atoms with Gasteiger partial charge in [-0.15, -0.1) is 0 Å². The smallest absolute Gasteiger partial charge is 0.340 e. The second-order valence-electron chi connectivity index (χ2n) is 3.28. The van der Waals surface area contributed by atoms with Crippen LogP contribution in [0.5, 0.6) is 5.75 Å². The number of methoxy groups -OCH3 is 1. The minimum Gasteiger partial charge on any atom is -0.495 e. The minimum atomic E-state index is -0.325. The summed E-state index contributed by atoms with van der Waals surface area (Å²) >= 11 is 0. The molecule has 0 atom stereocenters. The van der Waals surface area contributed by atoms with Crippen LogP contribution in [0.25, 0.3) is 5.52 Å². The fraction of sp³-hybridized carbons (Fsp3) is 0.250. The van der Waals surface area contributed by atoms with Gasteiger partial charge in [0.05, 0.1) is 19.3 Å². The first-order valence-corrected chi connectivity index (χ1v) is 5.08. The number of rotatable bonds is 3. The van der Waals surface area contributed by atoms with Crippen LogP contribution in [-0.2, 0) is 4.74 Å². The van der Waals surface area contributed by atoms with E-state index in [2.05, 4.69) is 0 Å². The van der Waals surface area contributed by atoms with Gasteiger partial charge in [-0.2, -0.15) is 0 Å². The van der Waals surface area contributed by atoms with E-state index in [1.807, 2.05) is 28.9 Å². The number of nitrogens with zero attached hydrogens (tertiary/aromatic N) is 1. The fourth-order valence-electron chi connectivity index (χ4n) is 1.67. The standard InChI is InChI=1S/C12H13NO3/c1-3-16-12(14)9-6-8-13-7-4-5-10(15-2)11(9)13/h4-8H,3H2,1-2H3. The number of ether oxygens (including phenoxy) is 2. The Labute approximate surface area is 93.4 Å². The summed E-state index contributed by atoms with van der Waals surface area (Å²) in [5.41, 5.74) is 1.27. The van der Waals surface area contributed by atoms with Gasteiger partial charge in [-0.25, -0.2) is 4.79 Å². The van der Waals surface area contributed by atoms with Crippen LogP contribution in [-0.4, -0.2) is 24.1 Å². The van der Waals surface area contributed by atoms with Gasteiger partial charge in [0.15, 0.2) is 0 Å². The maximum atomic E-state index is 11.7. The highest BCUT2D eigenvalue weighted by molar-refractivity contribution is 5.99. The van der Waals surface area contributed by atoms with E-state index in [0.29, 0.717) is 17.9 Å². The van der Waals surface area contributed by atoms with Crippen molar-refractivity contribution in [1.29, 1.82) is 0 Å². The Balaban J connectivity index is 2.58. The second-order valence-corrected chi connectivity index (χ2v) is 3.28. The predicted molar refractivity (Wildman–Crippen MR) is 59.9 cm³/mol. The largest absolute Gasteiger partial charge is 0.495 e. The molecule has 2 heterocycles. The average molecular weight is 219 g/mol. The van der Waals surface area contributed by atoms with E-state index in [0.717, 1.165) is 5.52 Å². The van der Waals surface area contributed by atoms with Gasteiger partial charge in [-0.05, 0) is 25.1 Å². The molecule has 2 aromatic rings. The van der Waals surface area contributed by atoms with E-state index in [-0.39, 0.29) is 5.97 Å². The van der Waals surface area contributed by atoms with E-state index in [1.54, 1.807) is 20.1 Å². The van der Waals surface area contributed by atoms with Crippen molar-refractivity contribution in [3.63, 3.8) is 0 Å². The van der Waals surface area contributed by atoms with Gasteiger partial charge in [0.2, 0.25) is 0 Å². The molecule has 4 heteroatoms. The summed E-state index contributed by atoms with van der Waals surface area (Å²) in [5, 5.41) is 0. The number of carbonyl (C=O) groups excluding carboxylic acids is 1. The second kappa shape index (κ2) is 4.26. The van der Waals surface area contributed by atoms with E-state index in [9.17, 15) is 4.79 Å². The normalized spacial score (nSPS) is 10.4. The number of aromatic nitrogens is 1. The van der Waals surface area contributed by atoms with E-state index in [4.69, 9.17) is 9.47 Å². The van der Waals surface area contributed by atoms with Crippen LogP contribution in [0, 0.1) is 0 Å². The highest BCUT2D eigenvalue weighted by atomic mass is 16.5. The van der Waals surface area contributed by atoms with E-state index in [1.165, 1.54) is 0 Å². The predicted octanol–water partition coefficient (Wildman–Crippen LogP) is 2.12. The number of hydrogen-bond acceptors (Lipinski definition) is 3. The monoisotopic (exact) mass is 219 g/mol. The van der Waals surface area contributed by atoms with Crippen LogP contribution >= 0.6 is 0 Å². The number of hydrogen-bond donors (Lipinski definition) is 0. The van der Waals surface area contributed by atoms with Crippen LogP contribution < -0.4 is 4.74 Å². The van der Waals surface area contributed by atoms with Crippen molar-refractivity contribution in [3.05, 3.63) is 36.2 Å². The molecule has 2 aromatic heterocycles. The number of esters is 1. The molecule has 4 nitrogen and oxygen atoms in total. The van der Waals surface area contributed by atoms with Crippen LogP contribution in [0.3, 0.4) is 0 Å². The Morgan fingerprint density at radius 1 is 1.38 bits per heavy atom. The van der Waals surface area contributed by atoms with Crippen LogP contribution in [0.2, 0.25) is 0 Å². The van der Waals surface area contributed by atoms with Gasteiger partial charge >= 0.3 is 5.97 Å². The van der Waals surface area contributed by atoms with Crippen LogP contribution in [0.4, 0.5) is 0 Å². The summed E-state index contributed by atoms with van der Waals surface area (Å²) in [6, 6.07) is 5.41. The lowest BCUT2D eigenvalue weighted by Crippen LogP contribution is -2.04. The molecule has 0 aliphatic carbocycles. The van der Waals surface area contributed by atoms with Crippen molar-refractivity contribution < 1.29 is 14.3 Å². The van der Waals surface area contributed by atoms with Gasteiger partial charge in [0.1, 0.15) is 11.3 Å². The molecule has 0 bridgehead atoms. The van der Waals surface area contributed by atoms with Crippen molar-refractivity contribution in [2.45, 2.75) is 6.92 Å². The third-order valence-corrected chi connectivity index (χ3v) is 2.36. The summed E-state index contributed by atoms with van der Waals surface area (Å²) in [7, 11) is 1.58. The first-order valence-electron chi connectivity index (χ1n) is 5.08. The molecule has 0 radical (unpaired) electrons. The molecule has 0 amide bonds. The Bertz CT molecular complexity index is 516. The lowest BCUT2D eigenvalue weighted by molar-refractivity contribution is 0.0528. The summed E-state index contributed by atoms with van der Waals surface area (Å²) in [6.45, 7) is 2.15. The molecule has 0 aromatic carbocycles. The van der Waals surface area contributed by atoms with Crippen molar-refractivity contribution in [2.24, 2.45) is 0 Å². The molecular formula is C12H13NO3. The summed E-state index contributed by atoms with van der Waals surface area (Å²) in [5.74, 6) is 0.338. The molecule has 0 saturated heterocycles. The zero-order chi connectivity index (χ0) is 11.5. The van der Waals surface area contributed by atoms with Gasteiger partial charge < -0.3 is 13.9 Å². The molecule has 0 aliphatic heterocycles. The van der Waals surface area contributed by atoms with Gasteiger partial charge in [-0.3, -0.25) is 0 Å². The summed E-state index contributed by atoms with van der Waals surface area (Å²) in [6.07, 6.45) is 3.67. The number of pyridine rings is 1. The molecule has 0 fully saturated rings. The molecule has 0 unspecified atom stereocenters. The Kier molecular flexibility index (Phi) is 2.81. The first kappa shape index (κ1) is 10.5. The SMILES string of the molecule is CCOC(=O)c1ccn2cccc(OC)c12. The van der Waals surface area contributed by atoms with Crippen molar-refractivity contribution >= 4 is 11.5 Å². The van der Waals surface area contributed by atoms with Crippen molar-refractivity contribution in [3.8, 4) is 5.75 Å². The maximum Gasteiger partial charge on any atom is 0.340 e. The third-order valence-electron chi connectivity index (χ3n) is 2.36. The third kappa shape index (κ3) is 1.62. The van der Waals surface area contributed by atoms with E-state index >= 15 is 0 Å². The maximum absolute atomic E-state index is 11.7. The topological polar surface area (TPSA) is 39.9 Å². The van der Waals surface area contributed by atoms with E-state index < -0.39 is 0 Å². The quantitative estimate of drug-likeness (QED) is 0.742. The Morgan fingerprint density at radius 2 is 2.19 bits per heavy atom. The molecule has 2 rings (SSSR count). The molecular weight excluding hydrogens is 206 g/mol. The molecule has 16 heavy (non-hydrogen) atoms. The molecule has 0 aliphatic rings. The van der Waals surface area contributed by atoms with Crippen LogP contribution in [0.1, 0.15) is 17.3 Å². The van der Waals surface area contributed by atoms with Gasteiger partial charge in [0.25, 0.3) is 0 Å². The van der Waals surface area contributed by atoms with Gasteiger partial charge in [-0.1, -0.05) is 0 Å². The highest BCUT2D eigenvalue weighted by Crippen LogP contribution is 2.24. The fourth-order valence-corrected chi connectivity index (χ4v) is 1.67. The van der Waals surface area contributed by atoms with Crippen molar-refractivity contribution in [1.82, 2.24) is 4.40 Å². The lowest BCUT2D eigenvalue weighted by atomic mass is 10.2. The Hall–Kier alpha value is -1.97. The summed E-state index contributed by atoms with van der Waals surface area (Å²) < 4.78 is 12.1. The average Bonchev–Trinajstić information content (AvgIpc) is 2.72. The number of fused-ring (bicyclic) bond motifs is 1. The Morgan fingerprint density at radius 3 is 2.88 bits per heavy atom. The van der Waals surface area contributed by atoms with Crippen LogP contribution in [0.15, 0.2) is 30.6 Å². The first-order chi connectivity index (χ1) is 7.77. The van der Waals surface area contributed by atoms with Gasteiger partial charge in [0, 0.05) is 12.4 Å².